The van der Waals surface area contributed by atoms with Crippen molar-refractivity contribution in [3.05, 3.63) is 89.0 Å². The van der Waals surface area contributed by atoms with Crippen molar-refractivity contribution in [2.75, 3.05) is 26.7 Å². The monoisotopic (exact) mass is 589 g/mol. The maximum Gasteiger partial charge on any atom is 0.338 e. The molecular weight excluding hydrogens is 546 g/mol. The number of esters is 1. The van der Waals surface area contributed by atoms with Gasteiger partial charge in [-0.2, -0.15) is 0 Å². The maximum atomic E-state index is 13.5. The number of methoxy groups -OCH3 is 1. The second-order valence-electron chi connectivity index (χ2n) is 10.8. The highest BCUT2D eigenvalue weighted by molar-refractivity contribution is 5.98. The zero-order valence-electron chi connectivity index (χ0n) is 25.5. The van der Waals surface area contributed by atoms with E-state index < -0.39 is 24.4 Å². The smallest absolute Gasteiger partial charge is 0.338 e. The number of benzene rings is 3. The van der Waals surface area contributed by atoms with Crippen molar-refractivity contribution in [3.63, 3.8) is 0 Å². The van der Waals surface area contributed by atoms with E-state index in [0.717, 1.165) is 29.7 Å². The highest BCUT2D eigenvalue weighted by Gasteiger charge is 2.31. The topological polar surface area (TPSA) is 112 Å². The van der Waals surface area contributed by atoms with E-state index in [1.807, 2.05) is 80.3 Å². The van der Waals surface area contributed by atoms with Gasteiger partial charge in [-0.1, -0.05) is 38.1 Å². The van der Waals surface area contributed by atoms with Crippen molar-refractivity contribution in [1.82, 2.24) is 10.2 Å². The van der Waals surface area contributed by atoms with Crippen LogP contribution in [0.4, 0.5) is 0 Å². The summed E-state index contributed by atoms with van der Waals surface area (Å²) in [6.45, 7) is 8.08. The largest absolute Gasteiger partial charge is 0.497 e. The Balaban J connectivity index is 1.48. The molecule has 4 rings (SSSR count). The molecule has 0 aromatic heterocycles. The van der Waals surface area contributed by atoms with Crippen LogP contribution < -0.4 is 25.3 Å². The Kier molecular flexibility index (Phi) is 11.4. The van der Waals surface area contributed by atoms with Crippen LogP contribution in [0.3, 0.4) is 0 Å². The summed E-state index contributed by atoms with van der Waals surface area (Å²) in [7, 11) is 1.63. The predicted octanol–water partition coefficient (Wildman–Crippen LogP) is 5.10. The van der Waals surface area contributed by atoms with Crippen LogP contribution in [-0.2, 0) is 11.3 Å². The number of aryl methyl sites for hydroxylation is 1. The number of ether oxygens (including phenoxy) is 4. The number of hydrogen-bond donors (Lipinski definition) is 2. The second-order valence-corrected chi connectivity index (χ2v) is 10.8. The number of carbonyl (C=O) groups excluding carboxylic acids is 2. The number of nitrogens with two attached hydrogens (primary N) is 1. The Morgan fingerprint density at radius 3 is 2.28 bits per heavy atom. The van der Waals surface area contributed by atoms with Crippen molar-refractivity contribution in [2.24, 2.45) is 5.73 Å². The lowest BCUT2D eigenvalue weighted by atomic mass is 10.0. The van der Waals surface area contributed by atoms with Gasteiger partial charge in [0.25, 0.3) is 5.91 Å². The zero-order chi connectivity index (χ0) is 30.8. The molecule has 0 spiro atoms. The molecule has 1 amide bonds. The Morgan fingerprint density at radius 2 is 1.63 bits per heavy atom. The Hall–Kier alpha value is -4.08. The molecular formula is C34H43N3O6. The fraction of sp³-hybridized carbons (Fsp3) is 0.412. The first kappa shape index (κ1) is 31.8. The third-order valence-electron chi connectivity index (χ3n) is 7.21. The quantitative estimate of drug-likeness (QED) is 0.236. The number of hydrogen-bond acceptors (Lipinski definition) is 8. The molecule has 1 heterocycles. The van der Waals surface area contributed by atoms with Crippen LogP contribution in [-0.4, -0.2) is 62.0 Å². The summed E-state index contributed by atoms with van der Waals surface area (Å²) in [6.07, 6.45) is 0.708. The van der Waals surface area contributed by atoms with E-state index in [1.165, 1.54) is 0 Å². The molecule has 0 bridgehead atoms. The van der Waals surface area contributed by atoms with Gasteiger partial charge >= 0.3 is 5.97 Å². The number of nitrogens with zero attached hydrogens (tertiary/aromatic N) is 1. The van der Waals surface area contributed by atoms with E-state index in [4.69, 9.17) is 24.7 Å². The molecule has 0 aliphatic carbocycles. The van der Waals surface area contributed by atoms with Crippen LogP contribution in [0.25, 0.3) is 0 Å². The van der Waals surface area contributed by atoms with Crippen molar-refractivity contribution in [3.8, 4) is 17.2 Å². The minimum Gasteiger partial charge on any atom is -0.497 e. The summed E-state index contributed by atoms with van der Waals surface area (Å²) in [6, 6.07) is 19.7. The molecule has 0 unspecified atom stereocenters. The Labute approximate surface area is 254 Å². The van der Waals surface area contributed by atoms with Crippen LogP contribution in [0.5, 0.6) is 17.2 Å². The molecule has 3 aromatic rings. The van der Waals surface area contributed by atoms with Crippen LogP contribution in [0.15, 0.2) is 66.7 Å². The molecule has 0 saturated heterocycles. The molecule has 0 saturated carbocycles. The first-order valence-electron chi connectivity index (χ1n) is 14.9. The maximum absolute atomic E-state index is 13.5. The third-order valence-corrected chi connectivity index (χ3v) is 7.21. The standard InChI is InChI=1S/C34H43N3O6/c1-5-14-37(15-6-2)33(38)25-16-23(3)17-26(19-25)34(39)43-31(22-36-21-24-10-9-11-27(18-24)40-4)28(35)20-32-41-29-12-7-8-13-30(29)42-32/h7-13,16-19,28,31-32,36H,5-6,14-15,20-22,35H2,1-4H3/t28-,31+/m0/s1. The number of fused-ring (bicyclic) bond motifs is 1. The van der Waals surface area contributed by atoms with Gasteiger partial charge in [-0.25, -0.2) is 4.79 Å². The minimum atomic E-state index is -0.703. The molecule has 3 aromatic carbocycles. The predicted molar refractivity (Wildman–Crippen MR) is 166 cm³/mol. The van der Waals surface area contributed by atoms with Gasteiger partial charge in [0.05, 0.1) is 18.7 Å². The molecule has 230 valence electrons. The minimum absolute atomic E-state index is 0.0928. The van der Waals surface area contributed by atoms with E-state index in [1.54, 1.807) is 19.2 Å². The molecule has 2 atom stereocenters. The van der Waals surface area contributed by atoms with Gasteiger partial charge < -0.3 is 34.9 Å². The van der Waals surface area contributed by atoms with Gasteiger partial charge in [-0.05, 0) is 73.4 Å². The van der Waals surface area contributed by atoms with Crippen molar-refractivity contribution in [1.29, 1.82) is 0 Å². The number of rotatable bonds is 15. The fourth-order valence-electron chi connectivity index (χ4n) is 5.11. The Bertz CT molecular complexity index is 1350. The SMILES string of the molecule is CCCN(CCC)C(=O)c1cc(C)cc(C(=O)O[C@H](CNCc2cccc(OC)c2)[C@@H](N)CC2Oc3ccccc3O2)c1. The molecule has 0 fully saturated rings. The summed E-state index contributed by atoms with van der Waals surface area (Å²) >= 11 is 0. The van der Waals surface area contributed by atoms with Crippen LogP contribution in [0.1, 0.15) is 65.0 Å². The summed E-state index contributed by atoms with van der Waals surface area (Å²) < 4.78 is 23.2. The summed E-state index contributed by atoms with van der Waals surface area (Å²) in [5, 5.41) is 3.36. The lowest BCUT2D eigenvalue weighted by Gasteiger charge is -2.26. The van der Waals surface area contributed by atoms with Gasteiger partial charge in [0, 0.05) is 38.2 Å². The number of amides is 1. The van der Waals surface area contributed by atoms with Crippen LogP contribution >= 0.6 is 0 Å². The molecule has 9 heteroatoms. The van der Waals surface area contributed by atoms with Gasteiger partial charge in [0.15, 0.2) is 11.5 Å². The number of para-hydroxylation sites is 2. The van der Waals surface area contributed by atoms with Crippen LogP contribution in [0, 0.1) is 6.92 Å². The van der Waals surface area contributed by atoms with E-state index in [-0.39, 0.29) is 5.91 Å². The van der Waals surface area contributed by atoms with Gasteiger partial charge in [-0.3, -0.25) is 4.79 Å². The first-order chi connectivity index (χ1) is 20.8. The first-order valence-corrected chi connectivity index (χ1v) is 14.9. The summed E-state index contributed by atoms with van der Waals surface area (Å²) in [5.41, 5.74) is 9.23. The highest BCUT2D eigenvalue weighted by Crippen LogP contribution is 2.35. The average molecular weight is 590 g/mol. The van der Waals surface area contributed by atoms with Gasteiger partial charge in [-0.15, -0.1) is 0 Å². The second kappa shape index (κ2) is 15.4. The molecule has 9 nitrogen and oxygen atoms in total. The van der Waals surface area contributed by atoms with E-state index >= 15 is 0 Å². The molecule has 3 N–H and O–H groups in total. The fourth-order valence-corrected chi connectivity index (χ4v) is 5.11. The lowest BCUT2D eigenvalue weighted by Crippen LogP contribution is -2.47. The van der Waals surface area contributed by atoms with Crippen molar-refractivity contribution < 1.29 is 28.5 Å². The van der Waals surface area contributed by atoms with Crippen LogP contribution in [0.2, 0.25) is 0 Å². The lowest BCUT2D eigenvalue weighted by molar-refractivity contribution is -0.00125. The summed E-state index contributed by atoms with van der Waals surface area (Å²) in [5.74, 6) is 1.43. The van der Waals surface area contributed by atoms with E-state index in [0.29, 0.717) is 55.2 Å². The van der Waals surface area contributed by atoms with E-state index in [9.17, 15) is 9.59 Å². The summed E-state index contributed by atoms with van der Waals surface area (Å²) in [4.78, 5) is 28.7. The Morgan fingerprint density at radius 1 is 0.953 bits per heavy atom. The van der Waals surface area contributed by atoms with Gasteiger partial charge in [0.2, 0.25) is 6.29 Å². The van der Waals surface area contributed by atoms with Crippen molar-refractivity contribution >= 4 is 11.9 Å². The normalized spacial score (nSPS) is 13.8. The molecule has 0 radical (unpaired) electrons. The molecule has 1 aliphatic heterocycles. The van der Waals surface area contributed by atoms with Gasteiger partial charge in [0.1, 0.15) is 11.9 Å². The van der Waals surface area contributed by atoms with Crippen molar-refractivity contribution in [2.45, 2.75) is 65.0 Å². The number of carbonyl (C=O) groups is 2. The molecule has 43 heavy (non-hydrogen) atoms. The number of nitrogens with one attached hydrogen (secondary N) is 1. The highest BCUT2D eigenvalue weighted by atomic mass is 16.7. The average Bonchev–Trinajstić information content (AvgIpc) is 3.42. The zero-order valence-corrected chi connectivity index (χ0v) is 25.5. The van der Waals surface area contributed by atoms with E-state index in [2.05, 4.69) is 5.32 Å². The third kappa shape index (κ3) is 8.72. The molecule has 1 aliphatic rings.